The van der Waals surface area contributed by atoms with Gasteiger partial charge in [0.05, 0.1) is 17.3 Å². The third-order valence-electron chi connectivity index (χ3n) is 4.86. The zero-order valence-corrected chi connectivity index (χ0v) is 22.5. The number of sulfonamides is 1. The highest BCUT2D eigenvalue weighted by Crippen LogP contribution is 2.26. The fourth-order valence-corrected chi connectivity index (χ4v) is 6.11. The smallest absolute Gasteiger partial charge is 0.257 e. The molecule has 0 unspecified atom stereocenters. The van der Waals surface area contributed by atoms with E-state index in [1.54, 1.807) is 38.1 Å². The van der Waals surface area contributed by atoms with E-state index >= 15 is 0 Å². The standard InChI is InChI=1S/C23H27N5O5S3/c1-4-28(5-2)36(31,32)19-13-7-16(8-14-19)21(30)25-22-26-27-23(35-22)34-15-20(29)24-17-9-11-18(12-10-17)33-6-3/h7-14H,4-6,15H2,1-3H3,(H,24,29)(H,25,26,30). The summed E-state index contributed by atoms with van der Waals surface area (Å²) in [6, 6.07) is 12.8. The van der Waals surface area contributed by atoms with Gasteiger partial charge in [0.25, 0.3) is 5.91 Å². The van der Waals surface area contributed by atoms with Crippen LogP contribution in [0.15, 0.2) is 57.8 Å². The maximum absolute atomic E-state index is 12.6. The van der Waals surface area contributed by atoms with Crippen LogP contribution in [0.2, 0.25) is 0 Å². The van der Waals surface area contributed by atoms with Crippen LogP contribution in [0, 0.1) is 0 Å². The lowest BCUT2D eigenvalue weighted by Crippen LogP contribution is -2.30. The third kappa shape index (κ3) is 7.26. The van der Waals surface area contributed by atoms with E-state index in [1.165, 1.54) is 40.3 Å². The Morgan fingerprint density at radius 1 is 0.972 bits per heavy atom. The Bertz CT molecular complexity index is 1270. The van der Waals surface area contributed by atoms with E-state index in [1.807, 2.05) is 6.92 Å². The number of hydrogen-bond acceptors (Lipinski definition) is 9. The van der Waals surface area contributed by atoms with Crippen LogP contribution in [-0.4, -0.2) is 60.2 Å². The number of anilines is 2. The predicted molar refractivity (Wildman–Crippen MR) is 141 cm³/mol. The average molecular weight is 550 g/mol. The number of aromatic nitrogens is 2. The van der Waals surface area contributed by atoms with Crippen molar-refractivity contribution in [2.24, 2.45) is 0 Å². The van der Waals surface area contributed by atoms with Gasteiger partial charge in [-0.2, -0.15) is 4.31 Å². The van der Waals surface area contributed by atoms with Gasteiger partial charge in [-0.25, -0.2) is 8.42 Å². The summed E-state index contributed by atoms with van der Waals surface area (Å²) in [5.41, 5.74) is 0.942. The maximum Gasteiger partial charge on any atom is 0.257 e. The Balaban J connectivity index is 1.52. The lowest BCUT2D eigenvalue weighted by molar-refractivity contribution is -0.113. The van der Waals surface area contributed by atoms with Gasteiger partial charge >= 0.3 is 0 Å². The molecule has 0 fully saturated rings. The first kappa shape index (κ1) is 27.6. The molecule has 1 aromatic heterocycles. The molecule has 0 radical (unpaired) electrons. The molecule has 13 heteroatoms. The van der Waals surface area contributed by atoms with Crippen LogP contribution in [0.5, 0.6) is 5.75 Å². The average Bonchev–Trinajstić information content (AvgIpc) is 3.32. The Labute approximate surface area is 218 Å². The van der Waals surface area contributed by atoms with E-state index in [9.17, 15) is 18.0 Å². The number of ether oxygens (including phenoxy) is 1. The number of nitrogens with zero attached hydrogens (tertiary/aromatic N) is 3. The Morgan fingerprint density at radius 2 is 1.64 bits per heavy atom. The zero-order chi connectivity index (χ0) is 26.1. The third-order valence-corrected chi connectivity index (χ3v) is 8.90. The number of carbonyl (C=O) groups excluding carboxylic acids is 2. The van der Waals surface area contributed by atoms with Crippen molar-refractivity contribution in [1.82, 2.24) is 14.5 Å². The summed E-state index contributed by atoms with van der Waals surface area (Å²) in [4.78, 5) is 24.9. The van der Waals surface area contributed by atoms with E-state index in [0.717, 1.165) is 17.1 Å². The van der Waals surface area contributed by atoms with Gasteiger partial charge in [0.2, 0.25) is 21.1 Å². The molecule has 2 aromatic carbocycles. The highest BCUT2D eigenvalue weighted by Gasteiger charge is 2.22. The molecule has 2 N–H and O–H groups in total. The maximum atomic E-state index is 12.6. The molecular formula is C23H27N5O5S3. The molecule has 10 nitrogen and oxygen atoms in total. The van der Waals surface area contributed by atoms with Gasteiger partial charge in [-0.15, -0.1) is 10.2 Å². The molecule has 0 saturated heterocycles. The molecular weight excluding hydrogens is 522 g/mol. The number of amides is 2. The van der Waals surface area contributed by atoms with Crippen molar-refractivity contribution in [3.8, 4) is 5.75 Å². The number of carbonyl (C=O) groups is 2. The van der Waals surface area contributed by atoms with Gasteiger partial charge in [0, 0.05) is 24.3 Å². The van der Waals surface area contributed by atoms with Crippen molar-refractivity contribution >= 4 is 55.8 Å². The van der Waals surface area contributed by atoms with Crippen molar-refractivity contribution in [3.05, 3.63) is 54.1 Å². The molecule has 36 heavy (non-hydrogen) atoms. The highest BCUT2D eigenvalue weighted by atomic mass is 32.2. The molecule has 0 aliphatic heterocycles. The first-order valence-corrected chi connectivity index (χ1v) is 14.4. The van der Waals surface area contributed by atoms with Crippen LogP contribution in [0.1, 0.15) is 31.1 Å². The Kier molecular flexibility index (Phi) is 9.81. The van der Waals surface area contributed by atoms with Crippen LogP contribution in [0.3, 0.4) is 0 Å². The molecule has 1 heterocycles. The summed E-state index contributed by atoms with van der Waals surface area (Å²) in [7, 11) is -3.60. The summed E-state index contributed by atoms with van der Waals surface area (Å²) in [6.07, 6.45) is 0. The van der Waals surface area contributed by atoms with Crippen molar-refractivity contribution in [1.29, 1.82) is 0 Å². The first-order valence-electron chi connectivity index (χ1n) is 11.2. The minimum Gasteiger partial charge on any atom is -0.494 e. The normalized spacial score (nSPS) is 11.3. The van der Waals surface area contributed by atoms with E-state index in [0.29, 0.717) is 29.7 Å². The quantitative estimate of drug-likeness (QED) is 0.257. The van der Waals surface area contributed by atoms with Crippen molar-refractivity contribution < 1.29 is 22.7 Å². The number of nitrogens with one attached hydrogen (secondary N) is 2. The van der Waals surface area contributed by atoms with Gasteiger partial charge < -0.3 is 10.1 Å². The molecule has 0 aliphatic carbocycles. The van der Waals surface area contributed by atoms with Crippen LogP contribution in [0.25, 0.3) is 0 Å². The lowest BCUT2D eigenvalue weighted by Gasteiger charge is -2.18. The second-order valence-corrected chi connectivity index (χ2v) is 11.4. The highest BCUT2D eigenvalue weighted by molar-refractivity contribution is 8.01. The van der Waals surface area contributed by atoms with Crippen LogP contribution in [0.4, 0.5) is 10.8 Å². The molecule has 0 spiro atoms. The summed E-state index contributed by atoms with van der Waals surface area (Å²) in [5, 5.41) is 13.6. The largest absolute Gasteiger partial charge is 0.494 e. The summed E-state index contributed by atoms with van der Waals surface area (Å²) in [6.45, 7) is 6.73. The van der Waals surface area contributed by atoms with Crippen LogP contribution >= 0.6 is 23.1 Å². The summed E-state index contributed by atoms with van der Waals surface area (Å²) in [5.74, 6) is 0.208. The second kappa shape index (κ2) is 12.8. The second-order valence-electron chi connectivity index (χ2n) is 7.24. The Morgan fingerprint density at radius 3 is 2.25 bits per heavy atom. The molecule has 0 atom stereocenters. The molecule has 2 amide bonds. The van der Waals surface area contributed by atoms with Gasteiger partial charge in [0.15, 0.2) is 4.34 Å². The fourth-order valence-electron chi connectivity index (χ4n) is 3.10. The minimum atomic E-state index is -3.60. The minimum absolute atomic E-state index is 0.123. The predicted octanol–water partition coefficient (Wildman–Crippen LogP) is 3.95. The lowest BCUT2D eigenvalue weighted by atomic mass is 10.2. The molecule has 0 aliphatic rings. The number of rotatable bonds is 12. The summed E-state index contributed by atoms with van der Waals surface area (Å²) < 4.78 is 32.4. The SMILES string of the molecule is CCOc1ccc(NC(=O)CSc2nnc(NC(=O)c3ccc(S(=O)(=O)N(CC)CC)cc3)s2)cc1. The molecule has 192 valence electrons. The topological polar surface area (TPSA) is 131 Å². The van der Waals surface area contributed by atoms with Crippen molar-refractivity contribution in [2.45, 2.75) is 30.0 Å². The van der Waals surface area contributed by atoms with Gasteiger partial charge in [-0.1, -0.05) is 36.9 Å². The van der Waals surface area contributed by atoms with E-state index in [4.69, 9.17) is 4.74 Å². The van der Waals surface area contributed by atoms with E-state index < -0.39 is 15.9 Å². The fraction of sp³-hybridized carbons (Fsp3) is 0.304. The number of benzene rings is 2. The molecule has 0 bridgehead atoms. The van der Waals surface area contributed by atoms with Crippen molar-refractivity contribution in [3.63, 3.8) is 0 Å². The summed E-state index contributed by atoms with van der Waals surface area (Å²) >= 11 is 2.34. The van der Waals surface area contributed by atoms with Crippen LogP contribution in [-0.2, 0) is 14.8 Å². The molecule has 3 rings (SSSR count). The van der Waals surface area contributed by atoms with E-state index in [2.05, 4.69) is 20.8 Å². The van der Waals surface area contributed by atoms with Gasteiger partial charge in [-0.05, 0) is 55.5 Å². The number of hydrogen-bond donors (Lipinski definition) is 2. The first-order chi connectivity index (χ1) is 17.3. The number of thioether (sulfide) groups is 1. The zero-order valence-electron chi connectivity index (χ0n) is 20.1. The van der Waals surface area contributed by atoms with Gasteiger partial charge in [0.1, 0.15) is 5.75 Å². The molecule has 0 saturated carbocycles. The monoisotopic (exact) mass is 549 g/mol. The van der Waals surface area contributed by atoms with Gasteiger partial charge in [-0.3, -0.25) is 14.9 Å². The molecule has 3 aromatic rings. The van der Waals surface area contributed by atoms with Crippen LogP contribution < -0.4 is 15.4 Å². The van der Waals surface area contributed by atoms with Crippen molar-refractivity contribution in [2.75, 3.05) is 36.1 Å². The van der Waals surface area contributed by atoms with E-state index in [-0.39, 0.29) is 27.3 Å². The Hall–Kier alpha value is -3.00.